The molecule has 2 N–H and O–H groups in total. The van der Waals surface area contributed by atoms with Crippen LogP contribution < -0.4 is 25.4 Å². The summed E-state index contributed by atoms with van der Waals surface area (Å²) in [6.07, 6.45) is 3.01. The van der Waals surface area contributed by atoms with E-state index >= 15 is 0 Å². The van der Waals surface area contributed by atoms with Gasteiger partial charge in [-0.2, -0.15) is 10.2 Å². The smallest absolute Gasteiger partial charge is 0.271 e. The van der Waals surface area contributed by atoms with Gasteiger partial charge in [-0.1, -0.05) is 0 Å². The van der Waals surface area contributed by atoms with E-state index in [9.17, 15) is 9.59 Å². The minimum Gasteiger partial charge on any atom is -0.496 e. The minimum absolute atomic E-state index is 0.312. The summed E-state index contributed by atoms with van der Waals surface area (Å²) in [7, 11) is 9.29. The molecule has 0 atom stereocenters. The zero-order valence-corrected chi connectivity index (χ0v) is 21.0. The number of hydrogen-bond acceptors (Lipinski definition) is 7. The first-order valence-corrected chi connectivity index (χ1v) is 11.2. The molecular formula is C27H30N6O3. The van der Waals surface area contributed by atoms with E-state index in [0.29, 0.717) is 28.0 Å². The first kappa shape index (κ1) is 26.0. The molecule has 9 heteroatoms. The molecule has 0 spiro atoms. The van der Waals surface area contributed by atoms with Gasteiger partial charge in [-0.3, -0.25) is 9.59 Å². The maximum atomic E-state index is 12.4. The lowest BCUT2D eigenvalue weighted by atomic mass is 10.1. The highest BCUT2D eigenvalue weighted by atomic mass is 16.5. The van der Waals surface area contributed by atoms with Gasteiger partial charge >= 0.3 is 0 Å². The van der Waals surface area contributed by atoms with Gasteiger partial charge in [0.05, 0.1) is 19.5 Å². The Hall–Kier alpha value is -4.66. The molecule has 36 heavy (non-hydrogen) atoms. The van der Waals surface area contributed by atoms with Crippen molar-refractivity contribution in [3.63, 3.8) is 0 Å². The first-order valence-electron chi connectivity index (χ1n) is 11.2. The van der Waals surface area contributed by atoms with Gasteiger partial charge in [0.2, 0.25) is 0 Å². The van der Waals surface area contributed by atoms with Gasteiger partial charge in [-0.25, -0.2) is 10.9 Å². The van der Waals surface area contributed by atoms with Crippen molar-refractivity contribution in [1.82, 2.24) is 10.9 Å². The Morgan fingerprint density at radius 3 is 1.64 bits per heavy atom. The molecule has 0 fully saturated rings. The molecule has 0 saturated carbocycles. The van der Waals surface area contributed by atoms with E-state index in [1.165, 1.54) is 12.4 Å². The van der Waals surface area contributed by atoms with Crippen LogP contribution in [0.2, 0.25) is 0 Å². The van der Waals surface area contributed by atoms with Crippen molar-refractivity contribution < 1.29 is 14.3 Å². The van der Waals surface area contributed by atoms with Crippen LogP contribution in [0.1, 0.15) is 31.8 Å². The summed E-state index contributed by atoms with van der Waals surface area (Å²) < 4.78 is 5.38. The van der Waals surface area contributed by atoms with Gasteiger partial charge in [0.15, 0.2) is 0 Å². The summed E-state index contributed by atoms with van der Waals surface area (Å²) in [5.74, 6) is -0.0618. The predicted molar refractivity (Wildman–Crippen MR) is 145 cm³/mol. The van der Waals surface area contributed by atoms with E-state index in [0.717, 1.165) is 11.4 Å². The van der Waals surface area contributed by atoms with E-state index in [2.05, 4.69) is 21.1 Å². The van der Waals surface area contributed by atoms with Crippen molar-refractivity contribution in [2.45, 2.75) is 0 Å². The summed E-state index contributed by atoms with van der Waals surface area (Å²) in [6.45, 7) is 0. The molecular weight excluding hydrogens is 456 g/mol. The van der Waals surface area contributed by atoms with Crippen LogP contribution in [0.5, 0.6) is 5.75 Å². The monoisotopic (exact) mass is 486 g/mol. The number of hydrazone groups is 2. The molecule has 9 nitrogen and oxygen atoms in total. The van der Waals surface area contributed by atoms with E-state index in [1.807, 2.05) is 62.3 Å². The number of carbonyl (C=O) groups excluding carboxylic acids is 2. The average Bonchev–Trinajstić information content (AvgIpc) is 2.88. The minimum atomic E-state index is -0.324. The van der Waals surface area contributed by atoms with Gasteiger partial charge in [0.25, 0.3) is 11.8 Å². The molecule has 3 aromatic carbocycles. The highest BCUT2D eigenvalue weighted by Gasteiger charge is 2.07. The molecule has 0 aliphatic carbocycles. The summed E-state index contributed by atoms with van der Waals surface area (Å²) in [5.41, 5.74) is 9.40. The molecule has 0 radical (unpaired) electrons. The number of rotatable bonds is 9. The number of nitrogens with one attached hydrogen (secondary N) is 2. The standard InChI is InChI=1S/C27H30N6O3/c1-32(2)23-11-7-20(8-12-23)26(34)30-28-17-19-6-15-25(36-5)22(16-19)18-29-31-27(35)21-9-13-24(14-10-21)33(3)4/h6-18H,1-5H3,(H,30,34)(H,31,35)/b28-17+,29-18+. The zero-order valence-electron chi connectivity index (χ0n) is 21.0. The predicted octanol–water partition coefficient (Wildman–Crippen LogP) is 3.36. The second-order valence-corrected chi connectivity index (χ2v) is 8.28. The van der Waals surface area contributed by atoms with Crippen LogP contribution in [-0.2, 0) is 0 Å². The summed E-state index contributed by atoms with van der Waals surface area (Å²) in [4.78, 5) is 28.6. The lowest BCUT2D eigenvalue weighted by Crippen LogP contribution is -2.18. The van der Waals surface area contributed by atoms with Gasteiger partial charge in [0.1, 0.15) is 5.75 Å². The van der Waals surface area contributed by atoms with Crippen LogP contribution in [0.3, 0.4) is 0 Å². The Labute approximate surface area is 211 Å². The molecule has 186 valence electrons. The highest BCUT2D eigenvalue weighted by molar-refractivity contribution is 5.96. The maximum absolute atomic E-state index is 12.4. The van der Waals surface area contributed by atoms with Gasteiger partial charge in [-0.05, 0) is 72.3 Å². The lowest BCUT2D eigenvalue weighted by molar-refractivity contribution is 0.0947. The van der Waals surface area contributed by atoms with Crippen LogP contribution >= 0.6 is 0 Å². The quantitative estimate of drug-likeness (QED) is 0.357. The van der Waals surface area contributed by atoms with Crippen molar-refractivity contribution in [3.05, 3.63) is 89.0 Å². The molecule has 0 unspecified atom stereocenters. The fourth-order valence-electron chi connectivity index (χ4n) is 3.21. The van der Waals surface area contributed by atoms with Crippen LogP contribution in [-0.4, -0.2) is 59.5 Å². The van der Waals surface area contributed by atoms with Crippen LogP contribution in [0.25, 0.3) is 0 Å². The maximum Gasteiger partial charge on any atom is 0.271 e. The number of ether oxygens (including phenoxy) is 1. The lowest BCUT2D eigenvalue weighted by Gasteiger charge is -2.12. The summed E-state index contributed by atoms with van der Waals surface area (Å²) in [5, 5.41) is 8.11. The van der Waals surface area contributed by atoms with E-state index in [-0.39, 0.29) is 11.8 Å². The molecule has 0 aromatic heterocycles. The third-order valence-electron chi connectivity index (χ3n) is 5.29. The molecule has 2 amide bonds. The zero-order chi connectivity index (χ0) is 26.1. The Morgan fingerprint density at radius 1 is 0.722 bits per heavy atom. The Kier molecular flexibility index (Phi) is 8.77. The van der Waals surface area contributed by atoms with Crippen LogP contribution in [0, 0.1) is 0 Å². The fraction of sp³-hybridized carbons (Fsp3) is 0.185. The van der Waals surface area contributed by atoms with Crippen LogP contribution in [0.4, 0.5) is 11.4 Å². The fourth-order valence-corrected chi connectivity index (χ4v) is 3.21. The number of benzene rings is 3. The van der Waals surface area contributed by atoms with Crippen molar-refractivity contribution in [2.75, 3.05) is 45.1 Å². The largest absolute Gasteiger partial charge is 0.496 e. The Balaban J connectivity index is 1.63. The number of anilines is 2. The van der Waals surface area contributed by atoms with E-state index in [4.69, 9.17) is 4.74 Å². The average molecular weight is 487 g/mol. The van der Waals surface area contributed by atoms with Crippen molar-refractivity contribution in [2.24, 2.45) is 10.2 Å². The molecule has 3 aromatic rings. The second kappa shape index (κ2) is 12.2. The van der Waals surface area contributed by atoms with Gasteiger partial charge in [-0.15, -0.1) is 0 Å². The topological polar surface area (TPSA) is 98.6 Å². The van der Waals surface area contributed by atoms with Gasteiger partial charge < -0.3 is 14.5 Å². The van der Waals surface area contributed by atoms with Gasteiger partial charge in [0, 0.05) is 56.3 Å². The third kappa shape index (κ3) is 6.92. The number of amides is 2. The molecule has 3 rings (SSSR count). The molecule has 0 aliphatic heterocycles. The van der Waals surface area contributed by atoms with Crippen molar-refractivity contribution >= 4 is 35.6 Å². The second-order valence-electron chi connectivity index (χ2n) is 8.28. The summed E-state index contributed by atoms with van der Waals surface area (Å²) in [6, 6.07) is 19.8. The molecule has 0 bridgehead atoms. The Morgan fingerprint density at radius 2 is 1.19 bits per heavy atom. The summed E-state index contributed by atoms with van der Waals surface area (Å²) >= 11 is 0. The third-order valence-corrected chi connectivity index (χ3v) is 5.29. The highest BCUT2D eigenvalue weighted by Crippen LogP contribution is 2.18. The number of carbonyl (C=O) groups is 2. The SMILES string of the molecule is COc1ccc(/C=N/NC(=O)c2ccc(N(C)C)cc2)cc1/C=N/NC(=O)c1ccc(N(C)C)cc1. The number of methoxy groups -OCH3 is 1. The van der Waals surface area contributed by atoms with Crippen molar-refractivity contribution in [3.8, 4) is 5.75 Å². The van der Waals surface area contributed by atoms with E-state index in [1.54, 1.807) is 49.6 Å². The van der Waals surface area contributed by atoms with Crippen molar-refractivity contribution in [1.29, 1.82) is 0 Å². The van der Waals surface area contributed by atoms with Crippen LogP contribution in [0.15, 0.2) is 76.9 Å². The first-order chi connectivity index (χ1) is 17.3. The number of hydrogen-bond donors (Lipinski definition) is 2. The normalized spacial score (nSPS) is 10.9. The molecule has 0 aliphatic rings. The molecule has 0 saturated heterocycles. The Bertz CT molecular complexity index is 1250. The molecule has 0 heterocycles. The van der Waals surface area contributed by atoms with E-state index < -0.39 is 0 Å². The number of nitrogens with zero attached hydrogens (tertiary/aromatic N) is 4.